The molecule has 0 heterocycles. The van der Waals surface area contributed by atoms with Gasteiger partial charge in [0.1, 0.15) is 11.8 Å². The highest BCUT2D eigenvalue weighted by atomic mass is 16.5. The first-order valence-corrected chi connectivity index (χ1v) is 12.6. The van der Waals surface area contributed by atoms with Gasteiger partial charge in [0.05, 0.1) is 0 Å². The highest BCUT2D eigenvalue weighted by Crippen LogP contribution is 2.24. The Kier molecular flexibility index (Phi) is 9.14. The molecule has 0 spiro atoms. The summed E-state index contributed by atoms with van der Waals surface area (Å²) in [7, 11) is 0. The van der Waals surface area contributed by atoms with E-state index in [1.54, 1.807) is 4.90 Å². The average molecular weight is 465 g/mol. The van der Waals surface area contributed by atoms with E-state index in [1.165, 1.54) is 5.56 Å². The van der Waals surface area contributed by atoms with Crippen molar-refractivity contribution in [2.24, 2.45) is 0 Å². The fraction of sp³-hybridized carbons (Fsp3) is 0.517. The number of nitrogens with one attached hydrogen (secondary N) is 1. The number of benzene rings is 2. The third kappa shape index (κ3) is 7.34. The molecule has 0 aliphatic heterocycles. The van der Waals surface area contributed by atoms with E-state index in [9.17, 15) is 9.59 Å². The molecule has 0 unspecified atom stereocenters. The third-order valence-electron chi connectivity index (χ3n) is 6.65. The molecule has 1 saturated carbocycles. The van der Waals surface area contributed by atoms with Gasteiger partial charge >= 0.3 is 0 Å². The number of nitrogens with zero attached hydrogens (tertiary/aromatic N) is 1. The van der Waals surface area contributed by atoms with Crippen LogP contribution in [0.4, 0.5) is 0 Å². The first-order valence-electron chi connectivity index (χ1n) is 12.6. The van der Waals surface area contributed by atoms with Gasteiger partial charge in [-0.15, -0.1) is 0 Å². The van der Waals surface area contributed by atoms with Crippen molar-refractivity contribution in [1.29, 1.82) is 0 Å². The molecule has 1 atom stereocenters. The minimum Gasteiger partial charge on any atom is -0.484 e. The zero-order chi connectivity index (χ0) is 24.6. The van der Waals surface area contributed by atoms with Crippen LogP contribution in [0.2, 0.25) is 0 Å². The molecule has 5 heteroatoms. The Balaban J connectivity index is 1.68. The number of hydrogen-bond donors (Lipinski definition) is 1. The molecule has 1 aliphatic rings. The van der Waals surface area contributed by atoms with E-state index < -0.39 is 6.04 Å². The fourth-order valence-corrected chi connectivity index (χ4v) is 4.54. The number of hydrogen-bond acceptors (Lipinski definition) is 3. The van der Waals surface area contributed by atoms with Crippen LogP contribution in [0.1, 0.15) is 70.9 Å². The van der Waals surface area contributed by atoms with Crippen molar-refractivity contribution in [3.8, 4) is 5.75 Å². The lowest BCUT2D eigenvalue weighted by atomic mass is 9.87. The van der Waals surface area contributed by atoms with Gasteiger partial charge in [-0.25, -0.2) is 0 Å². The molecule has 2 aromatic carbocycles. The van der Waals surface area contributed by atoms with E-state index in [2.05, 4.69) is 38.2 Å². The van der Waals surface area contributed by atoms with Crippen LogP contribution in [0.5, 0.6) is 5.75 Å². The van der Waals surface area contributed by atoms with E-state index in [0.717, 1.165) is 31.2 Å². The summed E-state index contributed by atoms with van der Waals surface area (Å²) in [6, 6.07) is 17.7. The second-order valence-corrected chi connectivity index (χ2v) is 10.3. The molecular formula is C29H40N2O3. The van der Waals surface area contributed by atoms with Gasteiger partial charge in [-0.2, -0.15) is 0 Å². The lowest BCUT2D eigenvalue weighted by Gasteiger charge is -2.31. The van der Waals surface area contributed by atoms with Crippen molar-refractivity contribution < 1.29 is 14.3 Å². The van der Waals surface area contributed by atoms with Gasteiger partial charge in [0, 0.05) is 12.6 Å². The van der Waals surface area contributed by atoms with Crippen LogP contribution >= 0.6 is 0 Å². The standard InChI is InChI=1S/C29H40N2O3/c1-5-26(28(33)30-24-13-9-10-14-24)31(20-19-22-11-7-6-8-12-22)27(32)21-34-25-17-15-23(16-18-25)29(2,3)4/h6-8,11-12,15-18,24,26H,5,9-10,13-14,19-21H2,1-4H3,(H,30,33)/t26-/m0/s1. The van der Waals surface area contributed by atoms with E-state index in [1.807, 2.05) is 49.4 Å². The van der Waals surface area contributed by atoms with E-state index in [0.29, 0.717) is 25.1 Å². The van der Waals surface area contributed by atoms with Crippen molar-refractivity contribution >= 4 is 11.8 Å². The number of carbonyl (C=O) groups is 2. The van der Waals surface area contributed by atoms with Gasteiger partial charge in [0.2, 0.25) is 5.91 Å². The normalized spacial score (nSPS) is 15.1. The highest BCUT2D eigenvalue weighted by Gasteiger charge is 2.30. The lowest BCUT2D eigenvalue weighted by Crippen LogP contribution is -2.52. The summed E-state index contributed by atoms with van der Waals surface area (Å²) in [6.07, 6.45) is 5.61. The van der Waals surface area contributed by atoms with Gasteiger partial charge in [-0.05, 0) is 54.4 Å². The maximum absolute atomic E-state index is 13.3. The van der Waals surface area contributed by atoms with Gasteiger partial charge in [0.25, 0.3) is 5.91 Å². The number of carbonyl (C=O) groups excluding carboxylic acids is 2. The smallest absolute Gasteiger partial charge is 0.261 e. The van der Waals surface area contributed by atoms with Crippen LogP contribution in [0.25, 0.3) is 0 Å². The van der Waals surface area contributed by atoms with Crippen molar-refractivity contribution in [1.82, 2.24) is 10.2 Å². The minimum atomic E-state index is -0.497. The first kappa shape index (κ1) is 25.8. The zero-order valence-corrected chi connectivity index (χ0v) is 21.2. The molecule has 184 valence electrons. The molecule has 5 nitrogen and oxygen atoms in total. The summed E-state index contributed by atoms with van der Waals surface area (Å²) < 4.78 is 5.85. The van der Waals surface area contributed by atoms with Gasteiger partial charge < -0.3 is 15.0 Å². The number of rotatable bonds is 10. The molecule has 3 rings (SSSR count). The monoisotopic (exact) mass is 464 g/mol. The van der Waals surface area contributed by atoms with Crippen LogP contribution in [0.15, 0.2) is 54.6 Å². The van der Waals surface area contributed by atoms with Gasteiger partial charge in [0.15, 0.2) is 6.61 Å². The largest absolute Gasteiger partial charge is 0.484 e. The molecule has 2 amide bonds. The van der Waals surface area contributed by atoms with Crippen LogP contribution in [-0.2, 0) is 21.4 Å². The quantitative estimate of drug-likeness (QED) is 0.521. The summed E-state index contributed by atoms with van der Waals surface area (Å²) in [5.74, 6) is 0.447. The van der Waals surface area contributed by atoms with Crippen LogP contribution < -0.4 is 10.1 Å². The van der Waals surface area contributed by atoms with Crippen molar-refractivity contribution in [2.45, 2.75) is 83.7 Å². The van der Waals surface area contributed by atoms with Crippen LogP contribution in [-0.4, -0.2) is 41.9 Å². The number of ether oxygens (including phenoxy) is 1. The Morgan fingerprint density at radius 3 is 2.26 bits per heavy atom. The summed E-state index contributed by atoms with van der Waals surface area (Å²) >= 11 is 0. The summed E-state index contributed by atoms with van der Waals surface area (Å²) in [5, 5.41) is 3.18. The molecule has 2 aromatic rings. The predicted octanol–water partition coefficient (Wildman–Crippen LogP) is 5.27. The van der Waals surface area contributed by atoms with Gasteiger partial charge in [-0.1, -0.05) is 83.0 Å². The van der Waals surface area contributed by atoms with Crippen molar-refractivity contribution in [2.75, 3.05) is 13.2 Å². The molecular weight excluding hydrogens is 424 g/mol. The Morgan fingerprint density at radius 2 is 1.68 bits per heavy atom. The maximum Gasteiger partial charge on any atom is 0.261 e. The summed E-state index contributed by atoms with van der Waals surface area (Å²) in [6.45, 7) is 8.85. The topological polar surface area (TPSA) is 58.6 Å². The van der Waals surface area contributed by atoms with Crippen molar-refractivity contribution in [3.05, 3.63) is 65.7 Å². The van der Waals surface area contributed by atoms with E-state index in [4.69, 9.17) is 4.74 Å². The Labute approximate surface area is 204 Å². The molecule has 0 radical (unpaired) electrons. The van der Waals surface area contributed by atoms with E-state index in [-0.39, 0.29) is 29.9 Å². The molecule has 0 saturated heterocycles. The Hall–Kier alpha value is -2.82. The minimum absolute atomic E-state index is 0.0506. The highest BCUT2D eigenvalue weighted by molar-refractivity contribution is 5.88. The SMILES string of the molecule is CC[C@@H](C(=O)NC1CCCC1)N(CCc1ccccc1)C(=O)COc1ccc(C(C)(C)C)cc1. The third-order valence-corrected chi connectivity index (χ3v) is 6.65. The molecule has 0 aromatic heterocycles. The first-order chi connectivity index (χ1) is 16.3. The average Bonchev–Trinajstić information content (AvgIpc) is 3.33. The molecule has 1 aliphatic carbocycles. The molecule has 34 heavy (non-hydrogen) atoms. The van der Waals surface area contributed by atoms with E-state index >= 15 is 0 Å². The Morgan fingerprint density at radius 1 is 1.03 bits per heavy atom. The number of amides is 2. The lowest BCUT2D eigenvalue weighted by molar-refractivity contribution is -0.142. The molecule has 1 fully saturated rings. The second kappa shape index (κ2) is 12.0. The maximum atomic E-state index is 13.3. The Bertz CT molecular complexity index is 913. The predicted molar refractivity (Wildman–Crippen MR) is 137 cm³/mol. The summed E-state index contributed by atoms with van der Waals surface area (Å²) in [5.41, 5.74) is 2.42. The van der Waals surface area contributed by atoms with Crippen molar-refractivity contribution in [3.63, 3.8) is 0 Å². The van der Waals surface area contributed by atoms with Crippen LogP contribution in [0, 0.1) is 0 Å². The van der Waals surface area contributed by atoms with Gasteiger partial charge in [-0.3, -0.25) is 9.59 Å². The second-order valence-electron chi connectivity index (χ2n) is 10.3. The fourth-order valence-electron chi connectivity index (χ4n) is 4.54. The van der Waals surface area contributed by atoms with Crippen LogP contribution in [0.3, 0.4) is 0 Å². The molecule has 1 N–H and O–H groups in total. The molecule has 0 bridgehead atoms. The summed E-state index contributed by atoms with van der Waals surface area (Å²) in [4.78, 5) is 28.2. The zero-order valence-electron chi connectivity index (χ0n) is 21.2.